The Labute approximate surface area is 118 Å². The molecule has 0 aliphatic carbocycles. The standard InChI is InChI=1S/C13H23N3O2S/c1-11-14-6-8-16(11)7-4-5-12(17)15-9-13(2,18)10-19-3/h6,8,18H,4-5,7,9-10H2,1-3H3,(H,15,17). The Kier molecular flexibility index (Phi) is 6.37. The van der Waals surface area contributed by atoms with Crippen LogP contribution in [0.3, 0.4) is 0 Å². The van der Waals surface area contributed by atoms with E-state index in [0.717, 1.165) is 18.8 Å². The quantitative estimate of drug-likeness (QED) is 0.753. The van der Waals surface area contributed by atoms with E-state index < -0.39 is 5.60 Å². The van der Waals surface area contributed by atoms with Crippen molar-refractivity contribution in [3.63, 3.8) is 0 Å². The highest BCUT2D eigenvalue weighted by atomic mass is 32.2. The van der Waals surface area contributed by atoms with E-state index in [1.54, 1.807) is 24.9 Å². The first-order valence-electron chi connectivity index (χ1n) is 6.40. The van der Waals surface area contributed by atoms with Crippen molar-refractivity contribution >= 4 is 17.7 Å². The Bertz CT molecular complexity index is 404. The number of nitrogens with one attached hydrogen (secondary N) is 1. The van der Waals surface area contributed by atoms with Crippen molar-refractivity contribution in [2.75, 3.05) is 18.6 Å². The van der Waals surface area contributed by atoms with E-state index in [0.29, 0.717) is 18.7 Å². The minimum atomic E-state index is -0.837. The molecule has 0 bridgehead atoms. The van der Waals surface area contributed by atoms with Gasteiger partial charge in [-0.3, -0.25) is 4.79 Å². The van der Waals surface area contributed by atoms with Gasteiger partial charge in [0.2, 0.25) is 5.91 Å². The number of nitrogens with zero attached hydrogens (tertiary/aromatic N) is 2. The fourth-order valence-corrected chi connectivity index (χ4v) is 2.51. The summed E-state index contributed by atoms with van der Waals surface area (Å²) in [6.45, 7) is 4.77. The van der Waals surface area contributed by atoms with Crippen molar-refractivity contribution in [3.05, 3.63) is 18.2 Å². The Balaban J connectivity index is 2.20. The summed E-state index contributed by atoms with van der Waals surface area (Å²) >= 11 is 1.57. The number of hydrogen-bond acceptors (Lipinski definition) is 4. The van der Waals surface area contributed by atoms with Gasteiger partial charge in [0.25, 0.3) is 0 Å². The number of aromatic nitrogens is 2. The molecule has 1 atom stereocenters. The van der Waals surface area contributed by atoms with Gasteiger partial charge in [-0.1, -0.05) is 0 Å². The normalized spacial score (nSPS) is 14.1. The Hall–Kier alpha value is -1.01. The van der Waals surface area contributed by atoms with Crippen LogP contribution in [0.5, 0.6) is 0 Å². The summed E-state index contributed by atoms with van der Waals surface area (Å²) in [5.74, 6) is 1.56. The lowest BCUT2D eigenvalue weighted by Crippen LogP contribution is -2.42. The van der Waals surface area contributed by atoms with Crippen LogP contribution in [0.15, 0.2) is 12.4 Å². The van der Waals surface area contributed by atoms with Gasteiger partial charge < -0.3 is 15.0 Å². The fourth-order valence-electron chi connectivity index (χ4n) is 1.79. The van der Waals surface area contributed by atoms with E-state index >= 15 is 0 Å². The van der Waals surface area contributed by atoms with Gasteiger partial charge in [-0.05, 0) is 26.5 Å². The highest BCUT2D eigenvalue weighted by molar-refractivity contribution is 7.98. The lowest BCUT2D eigenvalue weighted by Gasteiger charge is -2.22. The molecular formula is C13H23N3O2S. The molecule has 0 fully saturated rings. The zero-order valence-electron chi connectivity index (χ0n) is 11.8. The van der Waals surface area contributed by atoms with Gasteiger partial charge in [-0.25, -0.2) is 4.98 Å². The lowest BCUT2D eigenvalue weighted by atomic mass is 10.1. The van der Waals surface area contributed by atoms with Crippen molar-refractivity contribution in [3.8, 4) is 0 Å². The van der Waals surface area contributed by atoms with Crippen molar-refractivity contribution in [2.24, 2.45) is 0 Å². The molecule has 0 aliphatic heterocycles. The number of hydrogen-bond donors (Lipinski definition) is 2. The number of rotatable bonds is 8. The van der Waals surface area contributed by atoms with Crippen molar-refractivity contribution < 1.29 is 9.90 Å². The van der Waals surface area contributed by atoms with Crippen LogP contribution in [0.2, 0.25) is 0 Å². The first-order valence-corrected chi connectivity index (χ1v) is 7.80. The predicted molar refractivity (Wildman–Crippen MR) is 78.2 cm³/mol. The predicted octanol–water partition coefficient (Wildman–Crippen LogP) is 1.20. The minimum absolute atomic E-state index is 0.0147. The summed E-state index contributed by atoms with van der Waals surface area (Å²) in [5, 5.41) is 12.7. The van der Waals surface area contributed by atoms with Crippen LogP contribution < -0.4 is 5.32 Å². The molecular weight excluding hydrogens is 262 g/mol. The zero-order valence-corrected chi connectivity index (χ0v) is 12.7. The number of carbonyl (C=O) groups is 1. The van der Waals surface area contributed by atoms with Gasteiger partial charge in [0.05, 0.1) is 5.60 Å². The van der Waals surface area contributed by atoms with Crippen LogP contribution in [0.25, 0.3) is 0 Å². The van der Waals surface area contributed by atoms with Crippen LogP contribution in [0.1, 0.15) is 25.6 Å². The third-order valence-electron chi connectivity index (χ3n) is 2.85. The maximum absolute atomic E-state index is 11.7. The van der Waals surface area contributed by atoms with E-state index in [2.05, 4.69) is 10.3 Å². The van der Waals surface area contributed by atoms with Gasteiger partial charge in [-0.2, -0.15) is 11.8 Å². The third-order valence-corrected chi connectivity index (χ3v) is 3.76. The lowest BCUT2D eigenvalue weighted by molar-refractivity contribution is -0.122. The van der Waals surface area contributed by atoms with Crippen LogP contribution in [-0.2, 0) is 11.3 Å². The molecule has 0 saturated carbocycles. The Morgan fingerprint density at radius 3 is 2.95 bits per heavy atom. The number of carbonyl (C=O) groups excluding carboxylic acids is 1. The largest absolute Gasteiger partial charge is 0.387 e. The Morgan fingerprint density at radius 1 is 1.63 bits per heavy atom. The van der Waals surface area contributed by atoms with Crippen molar-refractivity contribution in [1.29, 1.82) is 0 Å². The van der Waals surface area contributed by atoms with Gasteiger partial charge in [-0.15, -0.1) is 0 Å². The van der Waals surface area contributed by atoms with E-state index in [-0.39, 0.29) is 5.91 Å². The number of aryl methyl sites for hydroxylation is 2. The third kappa shape index (κ3) is 6.11. The van der Waals surface area contributed by atoms with Crippen LogP contribution in [0.4, 0.5) is 0 Å². The number of aliphatic hydroxyl groups is 1. The molecule has 19 heavy (non-hydrogen) atoms. The summed E-state index contributed by atoms with van der Waals surface area (Å²) in [6.07, 6.45) is 6.84. The summed E-state index contributed by atoms with van der Waals surface area (Å²) < 4.78 is 2.02. The molecule has 108 valence electrons. The molecule has 1 heterocycles. The molecule has 0 aromatic carbocycles. The maximum Gasteiger partial charge on any atom is 0.220 e. The molecule has 0 saturated heterocycles. The molecule has 1 rings (SSSR count). The molecule has 5 nitrogen and oxygen atoms in total. The van der Waals surface area contributed by atoms with Gasteiger partial charge in [0.15, 0.2) is 0 Å². The second-order valence-electron chi connectivity index (χ2n) is 4.98. The summed E-state index contributed by atoms with van der Waals surface area (Å²) in [6, 6.07) is 0. The number of imidazole rings is 1. The van der Waals surface area contributed by atoms with Crippen LogP contribution in [-0.4, -0.2) is 44.7 Å². The summed E-state index contributed by atoms with van der Waals surface area (Å²) in [5.41, 5.74) is -0.837. The molecule has 1 unspecified atom stereocenters. The summed E-state index contributed by atoms with van der Waals surface area (Å²) in [7, 11) is 0. The first kappa shape index (κ1) is 16.0. The molecule has 1 aromatic rings. The van der Waals surface area contributed by atoms with E-state index in [1.165, 1.54) is 0 Å². The number of amides is 1. The van der Waals surface area contributed by atoms with E-state index in [4.69, 9.17) is 0 Å². The molecule has 2 N–H and O–H groups in total. The average molecular weight is 285 g/mol. The second kappa shape index (κ2) is 7.55. The van der Waals surface area contributed by atoms with Gasteiger partial charge >= 0.3 is 0 Å². The smallest absolute Gasteiger partial charge is 0.220 e. The molecule has 0 aliphatic rings. The number of thioether (sulfide) groups is 1. The maximum atomic E-state index is 11.7. The second-order valence-corrected chi connectivity index (χ2v) is 5.84. The molecule has 0 spiro atoms. The SMILES string of the molecule is CSCC(C)(O)CNC(=O)CCCn1ccnc1C. The van der Waals surface area contributed by atoms with E-state index in [1.807, 2.05) is 23.9 Å². The van der Waals surface area contributed by atoms with Crippen molar-refractivity contribution in [2.45, 2.75) is 38.8 Å². The van der Waals surface area contributed by atoms with Crippen molar-refractivity contribution in [1.82, 2.24) is 14.9 Å². The highest BCUT2D eigenvalue weighted by Crippen LogP contribution is 2.09. The van der Waals surface area contributed by atoms with Gasteiger partial charge in [0.1, 0.15) is 5.82 Å². The fraction of sp³-hybridized carbons (Fsp3) is 0.692. The average Bonchev–Trinajstić information content (AvgIpc) is 2.73. The minimum Gasteiger partial charge on any atom is -0.387 e. The molecule has 1 amide bonds. The molecule has 6 heteroatoms. The first-order chi connectivity index (χ1) is 8.94. The van der Waals surface area contributed by atoms with Crippen LogP contribution in [0, 0.1) is 6.92 Å². The summed E-state index contributed by atoms with van der Waals surface area (Å²) in [4.78, 5) is 15.8. The Morgan fingerprint density at radius 2 is 2.37 bits per heavy atom. The van der Waals surface area contributed by atoms with Crippen LogP contribution >= 0.6 is 11.8 Å². The van der Waals surface area contributed by atoms with Gasteiger partial charge in [0, 0.05) is 37.7 Å². The monoisotopic (exact) mass is 285 g/mol. The highest BCUT2D eigenvalue weighted by Gasteiger charge is 2.20. The zero-order chi connectivity index (χ0) is 14.3. The molecule has 0 radical (unpaired) electrons. The molecule has 1 aromatic heterocycles. The topological polar surface area (TPSA) is 67.2 Å². The van der Waals surface area contributed by atoms with E-state index in [9.17, 15) is 9.90 Å².